The molecule has 0 saturated heterocycles. The molecule has 2 aromatic rings. The molecule has 0 fully saturated rings. The molecule has 0 aliphatic rings. The van der Waals surface area contributed by atoms with Crippen LogP contribution in [0.2, 0.25) is 0 Å². The molecule has 6 heteroatoms. The van der Waals surface area contributed by atoms with Crippen LogP contribution in [0.15, 0.2) is 28.1 Å². The fraction of sp³-hybridized carbons (Fsp3) is 0.167. The average Bonchev–Trinajstić information content (AvgIpc) is 2.74. The molecule has 1 aromatic carbocycles. The summed E-state index contributed by atoms with van der Waals surface area (Å²) in [6.07, 6.45) is 0. The van der Waals surface area contributed by atoms with Crippen LogP contribution in [-0.4, -0.2) is 7.11 Å². The predicted molar refractivity (Wildman–Crippen MR) is 75.7 cm³/mol. The Bertz CT molecular complexity index is 548. The van der Waals surface area contributed by atoms with E-state index < -0.39 is 16.5 Å². The number of ether oxygens (including phenoxy) is 1. The number of alkyl halides is 1. The first-order valence-corrected chi connectivity index (χ1v) is 7.53. The first-order valence-electron chi connectivity index (χ1n) is 4.94. The minimum atomic E-state index is -0.631. The van der Waals surface area contributed by atoms with Crippen molar-refractivity contribution in [3.8, 4) is 5.75 Å². The van der Waals surface area contributed by atoms with E-state index in [9.17, 15) is 8.78 Å². The number of hydrogen-bond donors (Lipinski definition) is 0. The van der Waals surface area contributed by atoms with Gasteiger partial charge in [0.25, 0.3) is 0 Å². The summed E-state index contributed by atoms with van der Waals surface area (Å²) in [5, 5.41) is 1.85. The zero-order valence-corrected chi connectivity index (χ0v) is 13.2. The molecule has 1 aromatic heterocycles. The van der Waals surface area contributed by atoms with Crippen molar-refractivity contribution in [2.24, 2.45) is 0 Å². The second-order valence-electron chi connectivity index (χ2n) is 3.50. The molecule has 1 nitrogen and oxygen atoms in total. The van der Waals surface area contributed by atoms with Gasteiger partial charge in [-0.3, -0.25) is 0 Å². The Labute approximate surface area is 124 Å². The Kier molecular flexibility index (Phi) is 4.40. The van der Waals surface area contributed by atoms with Crippen LogP contribution in [0.3, 0.4) is 0 Å². The van der Waals surface area contributed by atoms with Gasteiger partial charge in [-0.1, -0.05) is 15.9 Å². The van der Waals surface area contributed by atoms with Gasteiger partial charge in [-0.05, 0) is 27.4 Å². The molecule has 0 bridgehead atoms. The van der Waals surface area contributed by atoms with Crippen LogP contribution < -0.4 is 4.74 Å². The van der Waals surface area contributed by atoms with Crippen molar-refractivity contribution in [3.63, 3.8) is 0 Å². The zero-order valence-electron chi connectivity index (χ0n) is 9.22. The van der Waals surface area contributed by atoms with Crippen molar-refractivity contribution < 1.29 is 13.5 Å². The number of rotatable bonds is 3. The summed E-state index contributed by atoms with van der Waals surface area (Å²) in [5.41, 5.74) is -0.0149. The fourth-order valence-electron chi connectivity index (χ4n) is 1.54. The van der Waals surface area contributed by atoms with Crippen molar-refractivity contribution >= 4 is 43.2 Å². The minimum Gasteiger partial charge on any atom is -0.497 e. The molecule has 1 unspecified atom stereocenters. The third-order valence-corrected chi connectivity index (χ3v) is 5.57. The maximum absolute atomic E-state index is 13.9. The van der Waals surface area contributed by atoms with Gasteiger partial charge in [0, 0.05) is 27.0 Å². The first kappa shape index (κ1) is 14.0. The van der Waals surface area contributed by atoms with Gasteiger partial charge in [0.2, 0.25) is 0 Å². The van der Waals surface area contributed by atoms with Crippen LogP contribution in [0, 0.1) is 11.6 Å². The first-order chi connectivity index (χ1) is 8.54. The highest BCUT2D eigenvalue weighted by atomic mass is 79.9. The molecular formula is C12H8Br2F2OS. The van der Waals surface area contributed by atoms with Crippen molar-refractivity contribution in [3.05, 3.63) is 50.1 Å². The van der Waals surface area contributed by atoms with Crippen LogP contribution in [0.4, 0.5) is 8.78 Å². The lowest BCUT2D eigenvalue weighted by Gasteiger charge is -2.12. The van der Waals surface area contributed by atoms with E-state index in [4.69, 9.17) is 4.74 Å². The monoisotopic (exact) mass is 396 g/mol. The Hall–Kier alpha value is -0.460. The summed E-state index contributed by atoms with van der Waals surface area (Å²) in [6, 6.07) is 4.19. The summed E-state index contributed by atoms with van der Waals surface area (Å²) in [4.78, 5) is 0.288. The molecule has 96 valence electrons. The molecule has 18 heavy (non-hydrogen) atoms. The maximum atomic E-state index is 13.9. The topological polar surface area (TPSA) is 9.23 Å². The Morgan fingerprint density at radius 3 is 2.33 bits per heavy atom. The van der Waals surface area contributed by atoms with E-state index in [1.54, 1.807) is 0 Å². The van der Waals surface area contributed by atoms with E-state index in [2.05, 4.69) is 31.9 Å². The summed E-state index contributed by atoms with van der Waals surface area (Å²) < 4.78 is 33.5. The Balaban J connectivity index is 2.48. The van der Waals surface area contributed by atoms with Gasteiger partial charge in [0.15, 0.2) is 0 Å². The highest BCUT2D eigenvalue weighted by Gasteiger charge is 2.23. The minimum absolute atomic E-state index is 0.0149. The lowest BCUT2D eigenvalue weighted by Crippen LogP contribution is -2.01. The van der Waals surface area contributed by atoms with E-state index in [1.165, 1.54) is 30.6 Å². The standard InChI is InChI=1S/C12H8Br2F2OS/c1-17-6-4-8(15)10(9(16)5-6)11(14)12-7(13)2-3-18-12/h2-5,11H,1H3. The third-order valence-electron chi connectivity index (χ3n) is 2.42. The second-order valence-corrected chi connectivity index (χ2v) is 6.22. The normalized spacial score (nSPS) is 12.5. The molecule has 0 aliphatic carbocycles. The molecular weight excluding hydrogens is 390 g/mol. The summed E-state index contributed by atoms with van der Waals surface area (Å²) in [6.45, 7) is 0. The number of halogens is 4. The molecule has 2 rings (SSSR count). The van der Waals surface area contributed by atoms with Crippen molar-refractivity contribution in [2.45, 2.75) is 4.83 Å². The van der Waals surface area contributed by atoms with E-state index in [0.717, 1.165) is 9.35 Å². The van der Waals surface area contributed by atoms with Gasteiger partial charge < -0.3 is 4.74 Å². The highest BCUT2D eigenvalue weighted by Crippen LogP contribution is 2.41. The summed E-state index contributed by atoms with van der Waals surface area (Å²) in [7, 11) is 1.37. The molecule has 0 aliphatic heterocycles. The maximum Gasteiger partial charge on any atom is 0.134 e. The van der Waals surface area contributed by atoms with Crippen LogP contribution in [0.5, 0.6) is 5.75 Å². The highest BCUT2D eigenvalue weighted by molar-refractivity contribution is 9.11. The number of thiophene rings is 1. The average molecular weight is 398 g/mol. The number of benzene rings is 1. The third kappa shape index (κ3) is 2.60. The quantitative estimate of drug-likeness (QED) is 0.640. The van der Waals surface area contributed by atoms with Crippen molar-refractivity contribution in [1.29, 1.82) is 0 Å². The van der Waals surface area contributed by atoms with Crippen LogP contribution in [0.25, 0.3) is 0 Å². The van der Waals surface area contributed by atoms with Crippen molar-refractivity contribution in [2.75, 3.05) is 7.11 Å². The lowest BCUT2D eigenvalue weighted by atomic mass is 10.1. The van der Waals surface area contributed by atoms with Crippen LogP contribution in [0.1, 0.15) is 15.3 Å². The van der Waals surface area contributed by atoms with Gasteiger partial charge in [-0.2, -0.15) is 0 Å². The molecule has 1 heterocycles. The molecule has 0 N–H and O–H groups in total. The summed E-state index contributed by atoms with van der Waals surface area (Å²) in [5.74, 6) is -1.10. The number of methoxy groups -OCH3 is 1. The predicted octanol–water partition coefficient (Wildman–Crippen LogP) is 5.28. The van der Waals surface area contributed by atoms with Gasteiger partial charge in [-0.15, -0.1) is 11.3 Å². The van der Waals surface area contributed by atoms with E-state index >= 15 is 0 Å². The zero-order chi connectivity index (χ0) is 13.3. The van der Waals surface area contributed by atoms with Gasteiger partial charge in [-0.25, -0.2) is 8.78 Å². The smallest absolute Gasteiger partial charge is 0.134 e. The number of hydrogen-bond acceptors (Lipinski definition) is 2. The fourth-order valence-corrected chi connectivity index (χ4v) is 4.44. The second kappa shape index (κ2) is 5.67. The largest absolute Gasteiger partial charge is 0.497 e. The summed E-state index contributed by atoms with van der Waals surface area (Å²) >= 11 is 8.11. The van der Waals surface area contributed by atoms with E-state index in [1.807, 2.05) is 11.4 Å². The Morgan fingerprint density at radius 1 is 1.28 bits per heavy atom. The van der Waals surface area contributed by atoms with Gasteiger partial charge >= 0.3 is 0 Å². The van der Waals surface area contributed by atoms with Gasteiger partial charge in [0.1, 0.15) is 17.4 Å². The molecule has 0 saturated carbocycles. The Morgan fingerprint density at radius 2 is 1.89 bits per heavy atom. The SMILES string of the molecule is COc1cc(F)c(C(Br)c2sccc2Br)c(F)c1. The molecule has 0 amide bonds. The van der Waals surface area contributed by atoms with E-state index in [0.29, 0.717) is 0 Å². The molecule has 0 spiro atoms. The van der Waals surface area contributed by atoms with Crippen LogP contribution in [-0.2, 0) is 0 Å². The van der Waals surface area contributed by atoms with E-state index in [-0.39, 0.29) is 11.3 Å². The van der Waals surface area contributed by atoms with Crippen LogP contribution >= 0.6 is 43.2 Å². The molecule has 0 radical (unpaired) electrons. The van der Waals surface area contributed by atoms with Gasteiger partial charge in [0.05, 0.1) is 11.9 Å². The molecule has 1 atom stereocenters. The van der Waals surface area contributed by atoms with Crippen molar-refractivity contribution in [1.82, 2.24) is 0 Å². The lowest BCUT2D eigenvalue weighted by molar-refractivity contribution is 0.405.